The van der Waals surface area contributed by atoms with Crippen LogP contribution in [0.15, 0.2) is 23.8 Å². The zero-order chi connectivity index (χ0) is 17.1. The summed E-state index contributed by atoms with van der Waals surface area (Å²) in [6.07, 6.45) is 3.50. The molecule has 0 aromatic heterocycles. The summed E-state index contributed by atoms with van der Waals surface area (Å²) in [5.74, 6) is -1.04. The summed E-state index contributed by atoms with van der Waals surface area (Å²) >= 11 is 0. The summed E-state index contributed by atoms with van der Waals surface area (Å²) < 4.78 is 10.9. The first kappa shape index (κ1) is 16.1. The number of carbonyl (C=O) groups is 2. The van der Waals surface area contributed by atoms with Gasteiger partial charge in [-0.05, 0) is 25.0 Å². The quantitative estimate of drug-likeness (QED) is 0.788. The van der Waals surface area contributed by atoms with Crippen LogP contribution in [0.3, 0.4) is 0 Å². The molecule has 1 amide bonds. The van der Waals surface area contributed by atoms with Crippen molar-refractivity contribution in [3.63, 3.8) is 0 Å². The van der Waals surface area contributed by atoms with Crippen LogP contribution in [-0.2, 0) is 9.59 Å². The van der Waals surface area contributed by atoms with Gasteiger partial charge < -0.3 is 14.4 Å². The predicted octanol–water partition coefficient (Wildman–Crippen LogP) is 1.80. The van der Waals surface area contributed by atoms with E-state index < -0.39 is 17.6 Å². The monoisotopic (exact) mass is 326 g/mol. The second-order valence-corrected chi connectivity index (χ2v) is 5.80. The van der Waals surface area contributed by atoms with E-state index in [1.54, 1.807) is 36.3 Å². The molecule has 24 heavy (non-hydrogen) atoms. The Balaban J connectivity index is 1.85. The second kappa shape index (κ2) is 6.75. The number of amides is 1. The molecule has 0 radical (unpaired) electrons. The number of nitriles is 1. The van der Waals surface area contributed by atoms with Crippen molar-refractivity contribution in [1.82, 2.24) is 4.90 Å². The van der Waals surface area contributed by atoms with Crippen LogP contribution in [0.25, 0.3) is 6.08 Å². The van der Waals surface area contributed by atoms with Crippen LogP contribution in [0.2, 0.25) is 0 Å². The molecule has 2 aliphatic rings. The first-order valence-corrected chi connectivity index (χ1v) is 7.88. The number of rotatable bonds is 4. The predicted molar refractivity (Wildman–Crippen MR) is 86.4 cm³/mol. The number of carbonyl (C=O) groups excluding carboxylic acids is 2. The Bertz CT molecular complexity index is 742. The number of benzene rings is 1. The highest BCUT2D eigenvalue weighted by molar-refractivity contribution is 6.14. The number of fused-ring (bicyclic) bond motifs is 1. The molecule has 0 bridgehead atoms. The molecule has 0 spiro atoms. The van der Waals surface area contributed by atoms with Gasteiger partial charge in [-0.15, -0.1) is 0 Å². The lowest BCUT2D eigenvalue weighted by atomic mass is 9.94. The standard InChI is InChI=1S/C18H18N2O4/c1-23-15-6-4-5-12-9-13(11-24-17(12)15)16(21)14(10-19)18(22)20-7-2-3-8-20/h4-6,9,14H,2-3,7-8,11H2,1H3. The molecule has 1 atom stereocenters. The highest BCUT2D eigenvalue weighted by atomic mass is 16.5. The van der Waals surface area contributed by atoms with E-state index in [0.29, 0.717) is 35.7 Å². The van der Waals surface area contributed by atoms with Crippen LogP contribution >= 0.6 is 0 Å². The minimum Gasteiger partial charge on any atom is -0.493 e. The second-order valence-electron chi connectivity index (χ2n) is 5.80. The van der Waals surface area contributed by atoms with E-state index in [4.69, 9.17) is 9.47 Å². The third kappa shape index (κ3) is 2.85. The molecule has 6 nitrogen and oxygen atoms in total. The maximum absolute atomic E-state index is 12.6. The molecular weight excluding hydrogens is 308 g/mol. The minimum atomic E-state index is -1.30. The molecule has 124 valence electrons. The third-order valence-electron chi connectivity index (χ3n) is 4.30. The smallest absolute Gasteiger partial charge is 0.247 e. The van der Waals surface area contributed by atoms with Gasteiger partial charge in [-0.1, -0.05) is 12.1 Å². The summed E-state index contributed by atoms with van der Waals surface area (Å²) in [5.41, 5.74) is 1.03. The number of methoxy groups -OCH3 is 1. The number of likely N-dealkylation sites (tertiary alicyclic amines) is 1. The van der Waals surface area contributed by atoms with Crippen LogP contribution < -0.4 is 9.47 Å². The van der Waals surface area contributed by atoms with Crippen molar-refractivity contribution < 1.29 is 19.1 Å². The summed E-state index contributed by atoms with van der Waals surface area (Å²) in [6, 6.07) is 7.23. The molecule has 0 aliphatic carbocycles. The van der Waals surface area contributed by atoms with Crippen LogP contribution in [-0.4, -0.2) is 43.4 Å². The molecule has 2 heterocycles. The first-order valence-electron chi connectivity index (χ1n) is 7.88. The largest absolute Gasteiger partial charge is 0.493 e. The molecule has 1 unspecified atom stereocenters. The Morgan fingerprint density at radius 3 is 2.75 bits per heavy atom. The molecule has 1 fully saturated rings. The molecular formula is C18H18N2O4. The summed E-state index contributed by atoms with van der Waals surface area (Å²) in [5, 5.41) is 9.33. The summed E-state index contributed by atoms with van der Waals surface area (Å²) in [7, 11) is 1.55. The fourth-order valence-electron chi connectivity index (χ4n) is 3.01. The third-order valence-corrected chi connectivity index (χ3v) is 4.30. The molecule has 0 saturated carbocycles. The van der Waals surface area contributed by atoms with Crippen LogP contribution in [0, 0.1) is 17.2 Å². The van der Waals surface area contributed by atoms with Gasteiger partial charge in [0.1, 0.15) is 6.61 Å². The van der Waals surface area contributed by atoms with Crippen LogP contribution in [0.5, 0.6) is 11.5 Å². The Morgan fingerprint density at radius 2 is 2.08 bits per heavy atom. The van der Waals surface area contributed by atoms with Crippen LogP contribution in [0.4, 0.5) is 0 Å². The van der Waals surface area contributed by atoms with E-state index in [1.165, 1.54) is 0 Å². The Kier molecular flexibility index (Phi) is 4.52. The average Bonchev–Trinajstić information content (AvgIpc) is 3.15. The lowest BCUT2D eigenvalue weighted by Gasteiger charge is -2.22. The van der Waals surface area contributed by atoms with Crippen LogP contribution in [0.1, 0.15) is 18.4 Å². The van der Waals surface area contributed by atoms with Crippen molar-refractivity contribution in [3.8, 4) is 17.6 Å². The van der Waals surface area contributed by atoms with Crippen molar-refractivity contribution >= 4 is 17.8 Å². The van der Waals surface area contributed by atoms with Gasteiger partial charge >= 0.3 is 0 Å². The van der Waals surface area contributed by atoms with E-state index in [0.717, 1.165) is 12.8 Å². The van der Waals surface area contributed by atoms with E-state index in [1.807, 2.05) is 6.07 Å². The zero-order valence-corrected chi connectivity index (χ0v) is 13.4. The fraction of sp³-hybridized carbons (Fsp3) is 0.389. The molecule has 6 heteroatoms. The Labute approximate surface area is 140 Å². The van der Waals surface area contributed by atoms with Gasteiger partial charge in [0, 0.05) is 24.2 Å². The van der Waals surface area contributed by atoms with Crippen molar-refractivity contribution in [2.75, 3.05) is 26.8 Å². The van der Waals surface area contributed by atoms with Gasteiger partial charge in [-0.3, -0.25) is 9.59 Å². The Hall–Kier alpha value is -2.81. The van der Waals surface area contributed by atoms with Gasteiger partial charge in [-0.2, -0.15) is 5.26 Å². The zero-order valence-electron chi connectivity index (χ0n) is 13.4. The number of ketones is 1. The van der Waals surface area contributed by atoms with Crippen molar-refractivity contribution in [2.45, 2.75) is 12.8 Å². The number of para-hydroxylation sites is 1. The normalized spacial score (nSPS) is 17.2. The van der Waals surface area contributed by atoms with Crippen molar-refractivity contribution in [2.24, 2.45) is 5.92 Å². The summed E-state index contributed by atoms with van der Waals surface area (Å²) in [4.78, 5) is 26.6. The van der Waals surface area contributed by atoms with Gasteiger partial charge in [-0.25, -0.2) is 0 Å². The molecule has 0 N–H and O–H groups in total. The minimum absolute atomic E-state index is 0.0255. The number of hydrogen-bond acceptors (Lipinski definition) is 5. The number of hydrogen-bond donors (Lipinski definition) is 0. The van der Waals surface area contributed by atoms with Gasteiger partial charge in [0.25, 0.3) is 0 Å². The van der Waals surface area contributed by atoms with Crippen molar-refractivity contribution in [1.29, 1.82) is 5.26 Å². The molecule has 1 aromatic rings. The number of nitrogens with zero attached hydrogens (tertiary/aromatic N) is 2. The van der Waals surface area contributed by atoms with E-state index in [-0.39, 0.29) is 6.61 Å². The number of ether oxygens (including phenoxy) is 2. The average molecular weight is 326 g/mol. The van der Waals surface area contributed by atoms with E-state index >= 15 is 0 Å². The molecule has 1 aromatic carbocycles. The Morgan fingerprint density at radius 1 is 1.33 bits per heavy atom. The van der Waals surface area contributed by atoms with Gasteiger partial charge in [0.05, 0.1) is 13.2 Å². The maximum Gasteiger partial charge on any atom is 0.247 e. The maximum atomic E-state index is 12.6. The SMILES string of the molecule is COc1cccc2c1OCC(C(=O)C(C#N)C(=O)N1CCCC1)=C2. The molecule has 3 rings (SSSR count). The molecule has 1 saturated heterocycles. The number of Topliss-reactive ketones (excluding diaryl/α,β-unsaturated/α-hetero) is 1. The van der Waals surface area contributed by atoms with E-state index in [9.17, 15) is 14.9 Å². The highest BCUT2D eigenvalue weighted by Gasteiger charge is 2.34. The topological polar surface area (TPSA) is 79.6 Å². The van der Waals surface area contributed by atoms with Crippen molar-refractivity contribution in [3.05, 3.63) is 29.3 Å². The lowest BCUT2D eigenvalue weighted by molar-refractivity contribution is -0.137. The summed E-state index contributed by atoms with van der Waals surface area (Å²) in [6.45, 7) is 1.25. The van der Waals surface area contributed by atoms with Gasteiger partial charge in [0.2, 0.25) is 5.91 Å². The molecule has 2 aliphatic heterocycles. The first-order chi connectivity index (χ1) is 11.7. The lowest BCUT2D eigenvalue weighted by Crippen LogP contribution is -2.38. The highest BCUT2D eigenvalue weighted by Crippen LogP contribution is 2.36. The fourth-order valence-corrected chi connectivity index (χ4v) is 3.01. The van der Waals surface area contributed by atoms with E-state index in [2.05, 4.69) is 0 Å². The van der Waals surface area contributed by atoms with Gasteiger partial charge in [0.15, 0.2) is 23.2 Å².